The van der Waals surface area contributed by atoms with Crippen LogP contribution in [0, 0.1) is 80.1 Å². The van der Waals surface area contributed by atoms with Crippen molar-refractivity contribution in [2.45, 2.75) is 219 Å². The molecule has 8 aromatic heterocycles. The normalized spacial score (nSPS) is 14.7. The highest BCUT2D eigenvalue weighted by Gasteiger charge is 2.53. The molecule has 31 nitrogen and oxygen atoms in total. The van der Waals surface area contributed by atoms with Gasteiger partial charge in [-0.15, -0.1) is 0 Å². The molecule has 0 bridgehead atoms. The second-order valence-electron chi connectivity index (χ2n) is 38.4. The highest BCUT2D eigenvalue weighted by atomic mass is 35.5. The van der Waals surface area contributed by atoms with Gasteiger partial charge in [0.15, 0.2) is 80.6 Å². The van der Waals surface area contributed by atoms with Crippen LogP contribution in [0.1, 0.15) is 165 Å². The molecule has 0 unspecified atom stereocenters. The van der Waals surface area contributed by atoms with E-state index in [2.05, 4.69) is 130 Å². The van der Waals surface area contributed by atoms with Gasteiger partial charge in [0, 0.05) is 71.7 Å². The Hall–Kier alpha value is -7.09. The standard InChI is InChI=1S/C20H22BFN2O4S.C12H17ClFN3OS.C11H17ClFN3O3S.C11H17ClFN3O2S.C11H17ClFN3S.C10H15ClFN3O.C10H15ClFN3S/c1-13-6-8-15(9-7-13)29(25,26)24-12-17(16-10-14(22)11-23-18(16)24)21-27-19(2,3)20(4,5)28-21;1-7(18)19-6-9(12(2,3)4)16-10-8(14)5-15-11(13)17-10;1-11(2,3)8(6-19-20(4,17)18)15-9-7(13)5-14-10(12)16-9;1-11(2,3)8(6-19(4,17)18)15-9-7(13)5-14-10(12)16-9;1-11(2,3)8(6-17-4)15-9-7(13)5-14-10(12)16-9;2*1-10(2,3)7(5-16)14-8-6(12)4-13-9(11)15-8/h6-12H,1-5H3;5,9H,6H2,1-4H3,(H,15,16,17);5,8H,6H2,1-4H3,(H,14,15,16);5,8H,6H2,1-4H3,(H,14,15,16);5,8H,6H2,1-4H3,(H,14,15,16);2*4,7,16H,5H2,1-3H3,(H,13,14,15)/t;9-;3*8-;2*7-/m.111111/s1. The minimum atomic E-state index is -3.94. The Labute approximate surface area is 836 Å². The Morgan fingerprint density at radius 3 is 1.10 bits per heavy atom. The van der Waals surface area contributed by atoms with Crippen molar-refractivity contribution in [2.24, 2.45) is 32.5 Å². The van der Waals surface area contributed by atoms with E-state index in [-0.39, 0.29) is 147 Å². The summed E-state index contributed by atoms with van der Waals surface area (Å²) in [5.74, 6) is -2.07. The molecule has 0 aliphatic carbocycles. The summed E-state index contributed by atoms with van der Waals surface area (Å²) in [5, 5.41) is 26.9. The number of aryl methyl sites for hydroxylation is 1. The highest BCUT2D eigenvalue weighted by Crippen LogP contribution is 2.39. The van der Waals surface area contributed by atoms with Crippen LogP contribution in [-0.4, -0.2) is 214 Å². The molecule has 1 aliphatic heterocycles. The van der Waals surface area contributed by atoms with Crippen LogP contribution < -0.4 is 37.4 Å². The Morgan fingerprint density at radius 1 is 0.493 bits per heavy atom. The summed E-state index contributed by atoms with van der Waals surface area (Å²) < 4.78 is 184. The van der Waals surface area contributed by atoms with E-state index < -0.39 is 112 Å². The third-order valence-electron chi connectivity index (χ3n) is 20.2. The zero-order valence-electron chi connectivity index (χ0n) is 80.5. The van der Waals surface area contributed by atoms with Crippen LogP contribution in [0.25, 0.3) is 11.0 Å². The SMILES string of the molecule is CC(=O)SC[C@@H](Nc1nc(Cl)ncc1F)C(C)(C)C.CC(C)(C)[C@@H](CO)Nc1nc(Cl)ncc1F.CC(C)(C)[C@@H](COS(C)(=O)=O)Nc1nc(Cl)ncc1F.CC(C)(C)[C@@H](CS(C)(=O)=O)Nc1nc(Cl)ncc1F.CC(C)(C)[C@@H](CS)Nc1nc(Cl)ncc1F.CSC[C@@H](Nc1nc(Cl)ncc1F)C(C)(C)C.Cc1ccc(S(=O)(=O)n2cc(B3OC(C)(C)C(C)(C)O3)c3cc(F)cnc32)cc1. The third kappa shape index (κ3) is 40.1. The average Bonchev–Trinajstić information content (AvgIpc) is 1.58. The fraction of sp³-hybridized carbons (Fsp3) is 0.553. The number of aliphatic hydroxyl groups is 1. The number of halogens is 13. The molecule has 136 heavy (non-hydrogen) atoms. The number of carbonyl (C=O) groups excluding carboxylic acids is 1. The lowest BCUT2D eigenvalue weighted by atomic mass is 9.79. The van der Waals surface area contributed by atoms with Crippen LogP contribution in [0.2, 0.25) is 31.7 Å². The predicted molar refractivity (Wildman–Crippen MR) is 535 cm³/mol. The number of nitrogens with one attached hydrogen (secondary N) is 6. The number of thioether (sulfide) groups is 2. The second kappa shape index (κ2) is 51.0. The number of carbonyl (C=O) groups is 1. The van der Waals surface area contributed by atoms with Crippen LogP contribution in [0.5, 0.6) is 0 Å². The largest absolute Gasteiger partial charge is 0.497 e. The molecule has 1 aliphatic rings. The van der Waals surface area contributed by atoms with E-state index in [0.29, 0.717) is 22.4 Å². The maximum atomic E-state index is 14.0. The van der Waals surface area contributed by atoms with Crippen molar-refractivity contribution in [3.8, 4) is 0 Å². The van der Waals surface area contributed by atoms with Gasteiger partial charge in [-0.05, 0) is 161 Å². The maximum Gasteiger partial charge on any atom is 0.497 e. The third-order valence-corrected chi connectivity index (χ3v) is 26.4. The van der Waals surface area contributed by atoms with Gasteiger partial charge in [0.05, 0.1) is 96.8 Å². The second-order valence-corrected chi connectivity index (χ2v) is 48.6. The first-order chi connectivity index (χ1) is 62.1. The van der Waals surface area contributed by atoms with Crippen LogP contribution in [-0.2, 0) is 48.3 Å². The van der Waals surface area contributed by atoms with Crippen molar-refractivity contribution in [2.75, 3.05) is 86.9 Å². The Kier molecular flexibility index (Phi) is 45.5. The van der Waals surface area contributed by atoms with Crippen LogP contribution in [0.3, 0.4) is 0 Å². The number of aromatic nitrogens is 14. The van der Waals surface area contributed by atoms with Crippen molar-refractivity contribution in [1.29, 1.82) is 0 Å². The van der Waals surface area contributed by atoms with Crippen molar-refractivity contribution < 1.29 is 79.4 Å². The quantitative estimate of drug-likeness (QED) is 0.00820. The molecule has 6 atom stereocenters. The number of anilines is 6. The number of pyridine rings is 1. The molecule has 0 amide bonds. The molecule has 0 saturated carbocycles. The average molecular weight is 2150 g/mol. The molecule has 9 aromatic rings. The number of aliphatic hydroxyl groups excluding tert-OH is 1. The first kappa shape index (κ1) is 121. The molecule has 756 valence electrons. The zero-order chi connectivity index (χ0) is 104. The minimum Gasteiger partial charge on any atom is -0.399 e. The van der Waals surface area contributed by atoms with E-state index in [0.717, 1.165) is 71.2 Å². The van der Waals surface area contributed by atoms with Gasteiger partial charge in [-0.1, -0.05) is 154 Å². The predicted octanol–water partition coefficient (Wildman–Crippen LogP) is 19.2. The number of rotatable bonds is 26. The van der Waals surface area contributed by atoms with Crippen LogP contribution >= 0.6 is 106 Å². The number of fused-ring (bicyclic) bond motifs is 1. The molecule has 1 aromatic carbocycles. The number of hydrogen-bond donors (Lipinski definition) is 8. The number of nitrogens with zero attached hydrogens (tertiary/aromatic N) is 14. The fourth-order valence-corrected chi connectivity index (χ4v) is 17.1. The van der Waals surface area contributed by atoms with Gasteiger partial charge in [0.25, 0.3) is 20.1 Å². The number of benzene rings is 1. The van der Waals surface area contributed by atoms with Gasteiger partial charge < -0.3 is 46.3 Å². The van der Waals surface area contributed by atoms with E-state index in [1.54, 1.807) is 23.9 Å². The molecule has 0 spiro atoms. The lowest BCUT2D eigenvalue weighted by Crippen LogP contribution is -2.41. The molecule has 1 fully saturated rings. The summed E-state index contributed by atoms with van der Waals surface area (Å²) in [5.41, 5.74) is -0.978. The fourth-order valence-electron chi connectivity index (χ4n) is 10.9. The molecular formula is C85H120BCl6F7N20O11S6. The summed E-state index contributed by atoms with van der Waals surface area (Å²) in [6, 6.07) is 6.46. The molecular weight excluding hydrogens is 2030 g/mol. The van der Waals surface area contributed by atoms with Gasteiger partial charge in [0.2, 0.25) is 31.7 Å². The molecule has 51 heteroatoms. The monoisotopic (exact) mass is 2140 g/mol. The Morgan fingerprint density at radius 2 is 0.801 bits per heavy atom. The van der Waals surface area contributed by atoms with E-state index in [9.17, 15) is 65.9 Å². The van der Waals surface area contributed by atoms with Gasteiger partial charge in [-0.3, -0.25) is 8.98 Å². The lowest BCUT2D eigenvalue weighted by Gasteiger charge is -2.32. The zero-order valence-corrected chi connectivity index (χ0v) is 90.0. The molecule has 7 N–H and O–H groups in total. The molecule has 1 saturated heterocycles. The number of sulfone groups is 1. The molecule has 10 rings (SSSR count). The Balaban J connectivity index is 0.000000335. The Bertz CT molecular complexity index is 5740. The van der Waals surface area contributed by atoms with E-state index in [1.165, 1.54) is 43.1 Å². The smallest absolute Gasteiger partial charge is 0.399 e. The van der Waals surface area contributed by atoms with Gasteiger partial charge in [-0.2, -0.15) is 62.7 Å². The summed E-state index contributed by atoms with van der Waals surface area (Å²) in [7, 11) is -11.6. The number of hydrogen-bond acceptors (Lipinski definition) is 33. The van der Waals surface area contributed by atoms with E-state index >= 15 is 0 Å². The van der Waals surface area contributed by atoms with Crippen molar-refractivity contribution in [3.05, 3.63) is 158 Å². The summed E-state index contributed by atoms with van der Waals surface area (Å²) in [6.07, 6.45) is 12.5. The van der Waals surface area contributed by atoms with Gasteiger partial charge >= 0.3 is 7.12 Å². The van der Waals surface area contributed by atoms with Crippen molar-refractivity contribution in [1.82, 2.24) is 68.8 Å². The highest BCUT2D eigenvalue weighted by molar-refractivity contribution is 8.13. The topological polar surface area (TPSA) is 412 Å². The van der Waals surface area contributed by atoms with Crippen molar-refractivity contribution in [3.63, 3.8) is 0 Å². The summed E-state index contributed by atoms with van der Waals surface area (Å²) >= 11 is 40.8. The van der Waals surface area contributed by atoms with Crippen LogP contribution in [0.15, 0.2) is 84.8 Å². The maximum absolute atomic E-state index is 14.0. The van der Waals surface area contributed by atoms with Gasteiger partial charge in [0.1, 0.15) is 15.7 Å². The molecule has 9 heterocycles. The van der Waals surface area contributed by atoms with Gasteiger partial charge in [-0.25, -0.2) is 86.4 Å². The van der Waals surface area contributed by atoms with Crippen LogP contribution in [0.4, 0.5) is 65.6 Å². The van der Waals surface area contributed by atoms with E-state index in [4.69, 9.17) is 83.1 Å². The molecule has 0 radical (unpaired) electrons. The minimum absolute atomic E-state index is 0.00343. The first-order valence-corrected chi connectivity index (χ1v) is 52.1. The van der Waals surface area contributed by atoms with E-state index in [1.807, 2.05) is 145 Å². The lowest BCUT2D eigenvalue weighted by molar-refractivity contribution is -0.109. The summed E-state index contributed by atoms with van der Waals surface area (Å²) in [4.78, 5) is 59.2. The summed E-state index contributed by atoms with van der Waals surface area (Å²) in [6.45, 7) is 46.1. The van der Waals surface area contributed by atoms with Crippen molar-refractivity contribution >= 4 is 199 Å². The first-order valence-electron chi connectivity index (χ1n) is 41.5. The number of thiol groups is 1.